The van der Waals surface area contributed by atoms with E-state index in [2.05, 4.69) is 56.9 Å². The highest BCUT2D eigenvalue weighted by Gasteiger charge is 2.18. The maximum absolute atomic E-state index is 5.31. The number of thiocarbonyl (C=S) groups is 1. The molecule has 3 rings (SSSR count). The van der Waals surface area contributed by atoms with Crippen molar-refractivity contribution in [3.8, 4) is 0 Å². The van der Waals surface area contributed by atoms with Gasteiger partial charge in [0.25, 0.3) is 0 Å². The Morgan fingerprint density at radius 2 is 1.65 bits per heavy atom. The van der Waals surface area contributed by atoms with Gasteiger partial charge >= 0.3 is 0 Å². The molecule has 0 saturated carbocycles. The Hall–Kier alpha value is -1.65. The zero-order valence-electron chi connectivity index (χ0n) is 10.6. The topological polar surface area (TPSA) is 24.1 Å². The van der Waals surface area contributed by atoms with Crippen LogP contribution in [0.5, 0.6) is 0 Å². The van der Waals surface area contributed by atoms with Crippen LogP contribution < -0.4 is 10.6 Å². The molecule has 0 saturated heterocycles. The third-order valence-electron chi connectivity index (χ3n) is 3.18. The first-order valence-electron chi connectivity index (χ1n) is 6.32. The first kappa shape index (κ1) is 13.3. The van der Waals surface area contributed by atoms with Crippen LogP contribution in [0.25, 0.3) is 5.70 Å². The van der Waals surface area contributed by atoms with Crippen LogP contribution in [-0.2, 0) is 0 Å². The highest BCUT2D eigenvalue weighted by Crippen LogP contribution is 2.24. The molecule has 100 valence electrons. The molecule has 0 bridgehead atoms. The average Bonchev–Trinajstić information content (AvgIpc) is 2.48. The van der Waals surface area contributed by atoms with Crippen LogP contribution in [0, 0.1) is 0 Å². The van der Waals surface area contributed by atoms with Crippen LogP contribution in [0.1, 0.15) is 17.2 Å². The second kappa shape index (κ2) is 5.77. The van der Waals surface area contributed by atoms with Gasteiger partial charge in [-0.05, 0) is 41.6 Å². The van der Waals surface area contributed by atoms with Gasteiger partial charge in [0.1, 0.15) is 0 Å². The van der Waals surface area contributed by atoms with E-state index in [-0.39, 0.29) is 6.04 Å². The van der Waals surface area contributed by atoms with Crippen molar-refractivity contribution >= 4 is 39.0 Å². The lowest BCUT2D eigenvalue weighted by molar-refractivity contribution is 0.765. The number of benzene rings is 2. The van der Waals surface area contributed by atoms with Crippen molar-refractivity contribution in [2.75, 3.05) is 0 Å². The predicted molar refractivity (Wildman–Crippen MR) is 90.2 cm³/mol. The van der Waals surface area contributed by atoms with Crippen molar-refractivity contribution in [1.29, 1.82) is 0 Å². The second-order valence-electron chi connectivity index (χ2n) is 4.57. The molecule has 0 radical (unpaired) electrons. The van der Waals surface area contributed by atoms with Crippen LogP contribution in [-0.4, -0.2) is 5.11 Å². The van der Waals surface area contributed by atoms with Crippen molar-refractivity contribution < 1.29 is 0 Å². The normalized spacial score (nSPS) is 17.9. The zero-order valence-corrected chi connectivity index (χ0v) is 13.0. The van der Waals surface area contributed by atoms with Crippen LogP contribution >= 0.6 is 28.1 Å². The molecule has 2 aromatic rings. The molecule has 0 fully saturated rings. The fraction of sp³-hybridized carbons (Fsp3) is 0.0625. The predicted octanol–water partition coefficient (Wildman–Crippen LogP) is 4.01. The Morgan fingerprint density at radius 3 is 2.35 bits per heavy atom. The number of halogens is 1. The lowest BCUT2D eigenvalue weighted by atomic mass is 10.0. The molecule has 0 aliphatic carbocycles. The number of hydrogen-bond acceptors (Lipinski definition) is 1. The molecule has 2 N–H and O–H groups in total. The summed E-state index contributed by atoms with van der Waals surface area (Å²) >= 11 is 8.77. The van der Waals surface area contributed by atoms with E-state index in [1.54, 1.807) is 0 Å². The van der Waals surface area contributed by atoms with Crippen molar-refractivity contribution in [3.05, 3.63) is 76.3 Å². The summed E-state index contributed by atoms with van der Waals surface area (Å²) in [6, 6.07) is 18.6. The molecule has 2 nitrogen and oxygen atoms in total. The number of rotatable bonds is 2. The summed E-state index contributed by atoms with van der Waals surface area (Å²) in [5.74, 6) is 0. The van der Waals surface area contributed by atoms with E-state index in [0.29, 0.717) is 5.11 Å². The van der Waals surface area contributed by atoms with Crippen LogP contribution in [0.2, 0.25) is 0 Å². The summed E-state index contributed by atoms with van der Waals surface area (Å²) in [5.41, 5.74) is 3.37. The van der Waals surface area contributed by atoms with E-state index in [9.17, 15) is 0 Å². The quantitative estimate of drug-likeness (QED) is 0.805. The molecule has 1 aliphatic rings. The van der Waals surface area contributed by atoms with Gasteiger partial charge in [-0.2, -0.15) is 0 Å². The van der Waals surface area contributed by atoms with Crippen molar-refractivity contribution in [3.63, 3.8) is 0 Å². The smallest absolute Gasteiger partial charge is 0.171 e. The first-order valence-corrected chi connectivity index (χ1v) is 7.53. The first-order chi connectivity index (χ1) is 9.72. The third kappa shape index (κ3) is 2.92. The molecular weight excluding hydrogens is 332 g/mol. The van der Waals surface area contributed by atoms with Gasteiger partial charge in [0.2, 0.25) is 0 Å². The summed E-state index contributed by atoms with van der Waals surface area (Å²) in [6.07, 6.45) is 2.16. The molecule has 4 heteroatoms. The van der Waals surface area contributed by atoms with Gasteiger partial charge in [0.15, 0.2) is 5.11 Å². The van der Waals surface area contributed by atoms with Crippen molar-refractivity contribution in [2.45, 2.75) is 6.04 Å². The van der Waals surface area contributed by atoms with Gasteiger partial charge < -0.3 is 10.6 Å². The highest BCUT2D eigenvalue weighted by atomic mass is 79.9. The van der Waals surface area contributed by atoms with E-state index >= 15 is 0 Å². The minimum atomic E-state index is 0.0899. The van der Waals surface area contributed by atoms with Crippen LogP contribution in [0.4, 0.5) is 0 Å². The molecule has 1 aliphatic heterocycles. The fourth-order valence-electron chi connectivity index (χ4n) is 2.19. The van der Waals surface area contributed by atoms with Crippen molar-refractivity contribution in [2.24, 2.45) is 0 Å². The van der Waals surface area contributed by atoms with Crippen LogP contribution in [0.15, 0.2) is 65.1 Å². The lowest BCUT2D eigenvalue weighted by Crippen LogP contribution is -2.40. The highest BCUT2D eigenvalue weighted by molar-refractivity contribution is 9.10. The lowest BCUT2D eigenvalue weighted by Gasteiger charge is -2.26. The zero-order chi connectivity index (χ0) is 13.9. The monoisotopic (exact) mass is 344 g/mol. The van der Waals surface area contributed by atoms with E-state index in [1.807, 2.05) is 30.3 Å². The van der Waals surface area contributed by atoms with E-state index < -0.39 is 0 Å². The standard InChI is InChI=1S/C16H13BrN2S/c17-13-8-6-12(7-9-13)15-10-14(18-16(20)19-15)11-4-2-1-3-5-11/h1-10,15H,(H2,18,19,20)/t15-/m0/s1. The van der Waals surface area contributed by atoms with E-state index in [4.69, 9.17) is 12.2 Å². The minimum Gasteiger partial charge on any atom is -0.352 e. The van der Waals surface area contributed by atoms with E-state index in [1.165, 1.54) is 5.56 Å². The molecular formula is C16H13BrN2S. The van der Waals surface area contributed by atoms with Gasteiger partial charge in [-0.15, -0.1) is 0 Å². The molecule has 2 aromatic carbocycles. The number of hydrogen-bond donors (Lipinski definition) is 2. The molecule has 0 spiro atoms. The van der Waals surface area contributed by atoms with Crippen molar-refractivity contribution in [1.82, 2.24) is 10.6 Å². The Bertz CT molecular complexity index is 650. The molecule has 20 heavy (non-hydrogen) atoms. The minimum absolute atomic E-state index is 0.0899. The maximum atomic E-state index is 5.31. The molecule has 0 amide bonds. The van der Waals surface area contributed by atoms with Gasteiger partial charge in [-0.3, -0.25) is 0 Å². The summed E-state index contributed by atoms with van der Waals surface area (Å²) in [5, 5.41) is 7.15. The fourth-order valence-corrected chi connectivity index (χ4v) is 2.69. The molecule has 0 unspecified atom stereocenters. The third-order valence-corrected chi connectivity index (χ3v) is 3.93. The Kier molecular flexibility index (Phi) is 3.85. The summed E-state index contributed by atoms with van der Waals surface area (Å²) < 4.78 is 1.07. The molecule has 1 heterocycles. The number of nitrogens with one attached hydrogen (secondary N) is 2. The maximum Gasteiger partial charge on any atom is 0.171 e. The Morgan fingerprint density at radius 1 is 0.950 bits per heavy atom. The van der Waals surface area contributed by atoms with Crippen LogP contribution in [0.3, 0.4) is 0 Å². The Balaban J connectivity index is 1.95. The van der Waals surface area contributed by atoms with E-state index in [0.717, 1.165) is 15.7 Å². The Labute approximate surface area is 132 Å². The van der Waals surface area contributed by atoms with Gasteiger partial charge in [-0.25, -0.2) is 0 Å². The van der Waals surface area contributed by atoms with Gasteiger partial charge in [-0.1, -0.05) is 58.4 Å². The van der Waals surface area contributed by atoms with Gasteiger partial charge in [0.05, 0.1) is 6.04 Å². The summed E-state index contributed by atoms with van der Waals surface area (Å²) in [7, 11) is 0. The molecule has 0 aromatic heterocycles. The largest absolute Gasteiger partial charge is 0.352 e. The SMILES string of the molecule is S=C1NC(c2ccccc2)=C[C@@H](c2ccc(Br)cc2)N1. The molecule has 1 atom stereocenters. The summed E-state index contributed by atoms with van der Waals surface area (Å²) in [4.78, 5) is 0. The average molecular weight is 345 g/mol. The van der Waals surface area contributed by atoms with Gasteiger partial charge in [0, 0.05) is 10.2 Å². The second-order valence-corrected chi connectivity index (χ2v) is 5.90. The summed E-state index contributed by atoms with van der Waals surface area (Å²) in [6.45, 7) is 0.